The zero-order valence-electron chi connectivity index (χ0n) is 21.4. The predicted molar refractivity (Wildman–Crippen MR) is 149 cm³/mol. The van der Waals surface area contributed by atoms with Gasteiger partial charge >= 0.3 is 0 Å². The van der Waals surface area contributed by atoms with E-state index in [-0.39, 0.29) is 16.9 Å². The summed E-state index contributed by atoms with van der Waals surface area (Å²) in [5.41, 5.74) is 2.38. The monoisotopic (exact) mass is 530 g/mol. The molecule has 0 spiro atoms. The lowest BCUT2D eigenvalue weighted by Crippen LogP contribution is -2.48. The highest BCUT2D eigenvalue weighted by Gasteiger charge is 2.23. The predicted octanol–water partition coefficient (Wildman–Crippen LogP) is 4.79. The number of amides is 1. The topological polar surface area (TPSA) is 91.8 Å². The molecule has 8 nitrogen and oxygen atoms in total. The first-order chi connectivity index (χ1) is 18.3. The molecule has 2 heterocycles. The van der Waals surface area contributed by atoms with Crippen LogP contribution in [0.3, 0.4) is 0 Å². The van der Waals surface area contributed by atoms with Crippen molar-refractivity contribution in [2.24, 2.45) is 0 Å². The van der Waals surface area contributed by atoms with E-state index in [1.165, 1.54) is 6.07 Å². The first kappa shape index (κ1) is 25.5. The minimum absolute atomic E-state index is 0.0748. The SMILES string of the molecule is CC(C)Oc1cccc(N2CCN(C(=O)c3ccc(NS(=O)(=O)c4cccc5cccnc45)cc3)CC2)c1. The summed E-state index contributed by atoms with van der Waals surface area (Å²) in [7, 11) is -3.86. The third kappa shape index (κ3) is 5.57. The van der Waals surface area contributed by atoms with Crippen LogP contribution in [0, 0.1) is 0 Å². The number of anilines is 2. The van der Waals surface area contributed by atoms with E-state index < -0.39 is 10.0 Å². The molecule has 1 aliphatic rings. The van der Waals surface area contributed by atoms with Crippen LogP contribution in [0.5, 0.6) is 5.75 Å². The van der Waals surface area contributed by atoms with E-state index in [2.05, 4.69) is 20.7 Å². The Balaban J connectivity index is 1.22. The van der Waals surface area contributed by atoms with Crippen LogP contribution in [0.4, 0.5) is 11.4 Å². The molecule has 9 heteroatoms. The number of benzene rings is 3. The number of nitrogens with zero attached hydrogens (tertiary/aromatic N) is 3. The van der Waals surface area contributed by atoms with Crippen molar-refractivity contribution in [2.75, 3.05) is 35.8 Å². The molecule has 1 N–H and O–H groups in total. The standard InChI is InChI=1S/C29H30N4O4S/c1-21(2)37-26-9-4-8-25(20-26)32-16-18-33(19-17-32)29(34)23-11-13-24(14-12-23)31-38(35,36)27-10-3-6-22-7-5-15-30-28(22)27/h3-15,20-21,31H,16-19H2,1-2H3. The number of carbonyl (C=O) groups excluding carboxylic acids is 1. The van der Waals surface area contributed by atoms with Crippen LogP contribution < -0.4 is 14.4 Å². The molecule has 1 fully saturated rings. The Morgan fingerprint density at radius 1 is 0.921 bits per heavy atom. The van der Waals surface area contributed by atoms with Gasteiger partial charge < -0.3 is 14.5 Å². The number of hydrogen-bond acceptors (Lipinski definition) is 6. The fraction of sp³-hybridized carbons (Fsp3) is 0.241. The van der Waals surface area contributed by atoms with Gasteiger partial charge in [0, 0.05) is 60.8 Å². The Morgan fingerprint density at radius 2 is 1.63 bits per heavy atom. The van der Waals surface area contributed by atoms with Gasteiger partial charge in [-0.15, -0.1) is 0 Å². The molecule has 4 aromatic rings. The molecule has 0 atom stereocenters. The number of carbonyl (C=O) groups is 1. The summed E-state index contributed by atoms with van der Waals surface area (Å²) >= 11 is 0. The van der Waals surface area contributed by atoms with Crippen LogP contribution in [-0.2, 0) is 10.0 Å². The summed E-state index contributed by atoms with van der Waals surface area (Å²) in [5.74, 6) is 0.762. The number of piperazine rings is 1. The fourth-order valence-electron chi connectivity index (χ4n) is 4.56. The number of aromatic nitrogens is 1. The van der Waals surface area contributed by atoms with Crippen molar-refractivity contribution in [3.05, 3.63) is 90.6 Å². The van der Waals surface area contributed by atoms with Crippen molar-refractivity contribution < 1.29 is 17.9 Å². The summed E-state index contributed by atoms with van der Waals surface area (Å²) in [6.45, 7) is 6.62. The van der Waals surface area contributed by atoms with E-state index in [4.69, 9.17) is 4.74 Å². The molecule has 38 heavy (non-hydrogen) atoms. The average molecular weight is 531 g/mol. The summed E-state index contributed by atoms with van der Waals surface area (Å²) in [6, 6.07) is 23.2. The van der Waals surface area contributed by atoms with Gasteiger partial charge in [-0.2, -0.15) is 0 Å². The van der Waals surface area contributed by atoms with Crippen molar-refractivity contribution in [1.29, 1.82) is 0 Å². The Morgan fingerprint density at radius 3 is 2.37 bits per heavy atom. The number of rotatable bonds is 7. The van der Waals surface area contributed by atoms with Gasteiger partial charge in [0.1, 0.15) is 10.6 Å². The maximum Gasteiger partial charge on any atom is 0.264 e. The second kappa shape index (κ2) is 10.7. The number of nitrogens with one attached hydrogen (secondary N) is 1. The molecule has 1 aromatic heterocycles. The number of fused-ring (bicyclic) bond motifs is 1. The number of ether oxygens (including phenoxy) is 1. The molecule has 0 unspecified atom stereocenters. The molecule has 1 amide bonds. The molecule has 3 aromatic carbocycles. The molecule has 0 radical (unpaired) electrons. The van der Waals surface area contributed by atoms with E-state index in [9.17, 15) is 13.2 Å². The lowest BCUT2D eigenvalue weighted by molar-refractivity contribution is 0.0746. The Bertz CT molecular complexity index is 1540. The number of sulfonamides is 1. The highest BCUT2D eigenvalue weighted by atomic mass is 32.2. The van der Waals surface area contributed by atoms with Gasteiger partial charge in [0.25, 0.3) is 15.9 Å². The van der Waals surface area contributed by atoms with Gasteiger partial charge in [-0.25, -0.2) is 8.42 Å². The summed E-state index contributed by atoms with van der Waals surface area (Å²) in [4.78, 5) is 21.5. The Kier molecular flexibility index (Phi) is 7.20. The molecule has 1 aliphatic heterocycles. The number of pyridine rings is 1. The van der Waals surface area contributed by atoms with Gasteiger partial charge in [-0.05, 0) is 62.4 Å². The lowest BCUT2D eigenvalue weighted by atomic mass is 10.1. The Hall–Kier alpha value is -4.11. The number of para-hydroxylation sites is 1. The van der Waals surface area contributed by atoms with Crippen LogP contribution >= 0.6 is 0 Å². The molecule has 196 valence electrons. The van der Waals surface area contributed by atoms with E-state index >= 15 is 0 Å². The summed E-state index contributed by atoms with van der Waals surface area (Å²) < 4.78 is 34.5. The van der Waals surface area contributed by atoms with E-state index in [1.54, 1.807) is 42.6 Å². The maximum absolute atomic E-state index is 13.1. The third-order valence-electron chi connectivity index (χ3n) is 6.39. The van der Waals surface area contributed by atoms with Crippen molar-refractivity contribution in [2.45, 2.75) is 24.8 Å². The quantitative estimate of drug-likeness (QED) is 0.370. The largest absolute Gasteiger partial charge is 0.491 e. The fourth-order valence-corrected chi connectivity index (χ4v) is 5.80. The average Bonchev–Trinajstić information content (AvgIpc) is 2.92. The molecule has 0 aliphatic carbocycles. The van der Waals surface area contributed by atoms with Crippen LogP contribution in [0.15, 0.2) is 90.0 Å². The molecular formula is C29H30N4O4S. The van der Waals surface area contributed by atoms with Gasteiger partial charge in [0.15, 0.2) is 0 Å². The zero-order valence-corrected chi connectivity index (χ0v) is 22.2. The first-order valence-corrected chi connectivity index (χ1v) is 14.1. The summed E-state index contributed by atoms with van der Waals surface area (Å²) in [6.07, 6.45) is 1.68. The lowest BCUT2D eigenvalue weighted by Gasteiger charge is -2.36. The van der Waals surface area contributed by atoms with E-state index in [1.807, 2.05) is 49.1 Å². The van der Waals surface area contributed by atoms with Crippen molar-refractivity contribution in [1.82, 2.24) is 9.88 Å². The molecule has 1 saturated heterocycles. The smallest absolute Gasteiger partial charge is 0.264 e. The zero-order chi connectivity index (χ0) is 26.7. The highest BCUT2D eigenvalue weighted by Crippen LogP contribution is 2.25. The molecular weight excluding hydrogens is 500 g/mol. The minimum atomic E-state index is -3.86. The van der Waals surface area contributed by atoms with Crippen LogP contribution in [-0.4, -0.2) is 56.5 Å². The van der Waals surface area contributed by atoms with Crippen LogP contribution in [0.25, 0.3) is 10.9 Å². The van der Waals surface area contributed by atoms with Crippen LogP contribution in [0.1, 0.15) is 24.2 Å². The van der Waals surface area contributed by atoms with Gasteiger partial charge in [0.2, 0.25) is 0 Å². The normalized spacial score (nSPS) is 14.1. The number of hydrogen-bond donors (Lipinski definition) is 1. The Labute approximate surface area is 222 Å². The molecule has 0 bridgehead atoms. The van der Waals surface area contributed by atoms with Gasteiger partial charge in [-0.1, -0.05) is 24.3 Å². The van der Waals surface area contributed by atoms with Crippen molar-refractivity contribution >= 4 is 38.2 Å². The van der Waals surface area contributed by atoms with Crippen LogP contribution in [0.2, 0.25) is 0 Å². The van der Waals surface area contributed by atoms with E-state index in [0.29, 0.717) is 42.9 Å². The minimum Gasteiger partial charge on any atom is -0.491 e. The maximum atomic E-state index is 13.1. The van der Waals surface area contributed by atoms with Crippen molar-refractivity contribution in [3.63, 3.8) is 0 Å². The molecule has 0 saturated carbocycles. The summed E-state index contributed by atoms with van der Waals surface area (Å²) in [5, 5.41) is 0.744. The third-order valence-corrected chi connectivity index (χ3v) is 7.80. The van der Waals surface area contributed by atoms with E-state index in [0.717, 1.165) is 16.8 Å². The van der Waals surface area contributed by atoms with Crippen molar-refractivity contribution in [3.8, 4) is 5.75 Å². The highest BCUT2D eigenvalue weighted by molar-refractivity contribution is 7.93. The van der Waals surface area contributed by atoms with Gasteiger partial charge in [-0.3, -0.25) is 14.5 Å². The molecule has 5 rings (SSSR count). The second-order valence-electron chi connectivity index (χ2n) is 9.46. The second-order valence-corrected chi connectivity index (χ2v) is 11.1. The first-order valence-electron chi connectivity index (χ1n) is 12.6. The van der Waals surface area contributed by atoms with Gasteiger partial charge in [0.05, 0.1) is 11.6 Å².